The molecule has 9 nitrogen and oxygen atoms in total. The maximum atomic E-state index is 12.1. The number of carbonyl (C=O) groups is 2. The molecule has 4 N–H and O–H groups in total. The minimum Gasteiger partial charge on any atom is -0.481 e. The zero-order valence-electron chi connectivity index (χ0n) is 20.6. The van der Waals surface area contributed by atoms with Crippen molar-refractivity contribution in [3.63, 3.8) is 0 Å². The summed E-state index contributed by atoms with van der Waals surface area (Å²) in [4.78, 5) is 26.4. The minimum atomic E-state index is -0.668. The molecule has 10 heteroatoms. The summed E-state index contributed by atoms with van der Waals surface area (Å²) >= 11 is 6.72. The number of hydrogen-bond donors (Lipinski definition) is 3. The van der Waals surface area contributed by atoms with Gasteiger partial charge in [0.15, 0.2) is 0 Å². The first-order valence-electron chi connectivity index (χ1n) is 12.2. The van der Waals surface area contributed by atoms with Crippen LogP contribution in [0.15, 0.2) is 53.1 Å². The van der Waals surface area contributed by atoms with Gasteiger partial charge in [-0.2, -0.15) is 4.98 Å². The molecule has 1 amide bonds. The molecule has 2 aromatic heterocycles. The molecule has 2 aliphatic rings. The van der Waals surface area contributed by atoms with Gasteiger partial charge in [-0.25, -0.2) is 0 Å². The van der Waals surface area contributed by atoms with Crippen molar-refractivity contribution in [1.29, 1.82) is 0 Å². The molecule has 0 aliphatic heterocycles. The molecule has 0 radical (unpaired) electrons. The van der Waals surface area contributed by atoms with Crippen molar-refractivity contribution in [3.8, 4) is 17.2 Å². The maximum Gasteiger partial charge on any atom is 0.306 e. The predicted molar refractivity (Wildman–Crippen MR) is 139 cm³/mol. The van der Waals surface area contributed by atoms with Gasteiger partial charge in [0, 0.05) is 24.5 Å². The van der Waals surface area contributed by atoms with Crippen molar-refractivity contribution >= 4 is 34.4 Å². The van der Waals surface area contributed by atoms with Gasteiger partial charge in [-0.05, 0) is 48.9 Å². The van der Waals surface area contributed by atoms with Gasteiger partial charge in [0.25, 0.3) is 0 Å². The van der Waals surface area contributed by atoms with Crippen LogP contribution in [0.5, 0.6) is 0 Å². The van der Waals surface area contributed by atoms with Crippen LogP contribution >= 0.6 is 11.6 Å². The van der Waals surface area contributed by atoms with E-state index in [9.17, 15) is 9.59 Å². The monoisotopic (exact) mass is 521 g/mol. The van der Waals surface area contributed by atoms with E-state index in [2.05, 4.69) is 15.5 Å². The Hall–Kier alpha value is -3.69. The Kier molecular flexibility index (Phi) is 6.51. The van der Waals surface area contributed by atoms with E-state index in [0.717, 1.165) is 41.4 Å². The molecule has 0 bridgehead atoms. The first-order valence-corrected chi connectivity index (χ1v) is 12.5. The van der Waals surface area contributed by atoms with E-state index in [1.165, 1.54) is 0 Å². The second kappa shape index (κ2) is 9.64. The van der Waals surface area contributed by atoms with E-state index < -0.39 is 11.5 Å². The molecule has 2 aliphatic carbocycles. The Morgan fingerprint density at radius 3 is 2.43 bits per heavy atom. The van der Waals surface area contributed by atoms with Gasteiger partial charge in [-0.1, -0.05) is 54.0 Å². The Bertz CT molecular complexity index is 1470. The van der Waals surface area contributed by atoms with Crippen LogP contribution in [0.4, 0.5) is 0 Å². The van der Waals surface area contributed by atoms with Crippen LogP contribution in [-0.4, -0.2) is 37.2 Å². The lowest BCUT2D eigenvalue weighted by Gasteiger charge is -2.12. The SMILES string of the molecule is CC1CC1C(=O)O.Cc1nc(-c2c(Cl)c3ccccc3n2-c2ccc(CNC(=O)C3(N)CC3)cc2)no1. The van der Waals surface area contributed by atoms with Gasteiger partial charge in [0.2, 0.25) is 17.6 Å². The van der Waals surface area contributed by atoms with Crippen molar-refractivity contribution in [2.75, 3.05) is 0 Å². The van der Waals surface area contributed by atoms with Gasteiger partial charge in [-0.3, -0.25) is 9.59 Å². The van der Waals surface area contributed by atoms with E-state index in [4.69, 9.17) is 27.0 Å². The van der Waals surface area contributed by atoms with E-state index in [1.807, 2.05) is 60.0 Å². The van der Waals surface area contributed by atoms with E-state index in [0.29, 0.717) is 34.9 Å². The largest absolute Gasteiger partial charge is 0.481 e. The fraction of sp³-hybridized carbons (Fsp3) is 0.333. The van der Waals surface area contributed by atoms with Crippen molar-refractivity contribution in [1.82, 2.24) is 20.0 Å². The number of benzene rings is 2. The normalized spacial score (nSPS) is 19.1. The predicted octanol–water partition coefficient (Wildman–Crippen LogP) is 4.48. The zero-order chi connectivity index (χ0) is 26.3. The molecule has 192 valence electrons. The van der Waals surface area contributed by atoms with Crippen molar-refractivity contribution in [2.45, 2.75) is 45.2 Å². The average Bonchev–Trinajstić information content (AvgIpc) is 3.75. The lowest BCUT2D eigenvalue weighted by atomic mass is 10.2. The number of nitrogens with one attached hydrogen (secondary N) is 1. The highest BCUT2D eigenvalue weighted by Crippen LogP contribution is 2.39. The molecule has 0 saturated heterocycles. The van der Waals surface area contributed by atoms with Crippen molar-refractivity contribution in [2.24, 2.45) is 17.6 Å². The smallest absolute Gasteiger partial charge is 0.306 e. The van der Waals surface area contributed by atoms with Crippen molar-refractivity contribution in [3.05, 3.63) is 65.0 Å². The van der Waals surface area contributed by atoms with Gasteiger partial charge in [0.05, 0.1) is 22.0 Å². The van der Waals surface area contributed by atoms with Crippen LogP contribution in [0, 0.1) is 18.8 Å². The number of carboxylic acids is 1. The number of fused-ring (bicyclic) bond motifs is 1. The topological polar surface area (TPSA) is 136 Å². The summed E-state index contributed by atoms with van der Waals surface area (Å²) < 4.78 is 7.20. The number of carboxylic acid groups (broad SMARTS) is 1. The van der Waals surface area contributed by atoms with E-state index in [1.54, 1.807) is 6.92 Å². The highest BCUT2D eigenvalue weighted by molar-refractivity contribution is 6.38. The fourth-order valence-corrected chi connectivity index (χ4v) is 4.54. The first kappa shape index (κ1) is 25.0. The molecule has 2 heterocycles. The fourth-order valence-electron chi connectivity index (χ4n) is 4.21. The number of aryl methyl sites for hydroxylation is 1. The molecule has 2 unspecified atom stereocenters. The molecule has 2 fully saturated rings. The number of para-hydroxylation sites is 1. The summed E-state index contributed by atoms with van der Waals surface area (Å²) in [5, 5.41) is 16.7. The molecular formula is C27H28ClN5O4. The Labute approximate surface area is 218 Å². The number of halogens is 1. The molecular weight excluding hydrogens is 494 g/mol. The second-order valence-corrected chi connectivity index (χ2v) is 10.2. The number of aliphatic carboxylic acids is 1. The summed E-state index contributed by atoms with van der Waals surface area (Å²) in [6.07, 6.45) is 2.38. The van der Waals surface area contributed by atoms with Crippen LogP contribution < -0.4 is 11.1 Å². The average molecular weight is 522 g/mol. The van der Waals surface area contributed by atoms with E-state index in [-0.39, 0.29) is 11.8 Å². The number of nitrogens with zero attached hydrogens (tertiary/aromatic N) is 3. The summed E-state index contributed by atoms with van der Waals surface area (Å²) in [5.74, 6) is 0.606. The Morgan fingerprint density at radius 2 is 1.89 bits per heavy atom. The molecule has 2 aromatic carbocycles. The molecule has 6 rings (SSSR count). The Morgan fingerprint density at radius 1 is 1.22 bits per heavy atom. The number of rotatable bonds is 6. The lowest BCUT2D eigenvalue weighted by Crippen LogP contribution is -2.42. The van der Waals surface area contributed by atoms with Crippen molar-refractivity contribution < 1.29 is 19.2 Å². The quantitative estimate of drug-likeness (QED) is 0.340. The lowest BCUT2D eigenvalue weighted by molar-refractivity contribution is -0.138. The first-order chi connectivity index (χ1) is 17.7. The van der Waals surface area contributed by atoms with Crippen LogP contribution in [0.25, 0.3) is 28.1 Å². The third-order valence-corrected chi connectivity index (χ3v) is 7.25. The highest BCUT2D eigenvalue weighted by Gasteiger charge is 2.45. The molecule has 0 spiro atoms. The number of carbonyl (C=O) groups excluding carboxylic acids is 1. The van der Waals surface area contributed by atoms with Gasteiger partial charge < -0.3 is 25.2 Å². The molecule has 4 aromatic rings. The standard InChI is InChI=1S/C22H20ClN5O2.C5H8O2/c1-13-26-20(27-30-13)19-18(23)16-4-2-3-5-17(16)28(19)15-8-6-14(7-9-15)12-25-21(29)22(24)10-11-22;1-3-2-4(3)5(6)7/h2-9H,10-12,24H2,1H3,(H,25,29);3-4H,2H2,1H3,(H,6,7). The minimum absolute atomic E-state index is 0.0139. The van der Waals surface area contributed by atoms with Crippen LogP contribution in [-0.2, 0) is 16.1 Å². The summed E-state index contributed by atoms with van der Waals surface area (Å²) in [6.45, 7) is 4.13. The summed E-state index contributed by atoms with van der Waals surface area (Å²) in [5.41, 5.74) is 8.78. The van der Waals surface area contributed by atoms with E-state index >= 15 is 0 Å². The van der Waals surface area contributed by atoms with Gasteiger partial charge >= 0.3 is 5.97 Å². The van der Waals surface area contributed by atoms with Gasteiger partial charge in [-0.15, -0.1) is 0 Å². The van der Waals surface area contributed by atoms with Crippen LogP contribution in [0.3, 0.4) is 0 Å². The zero-order valence-corrected chi connectivity index (χ0v) is 21.3. The third kappa shape index (κ3) is 5.10. The number of hydrogen-bond acceptors (Lipinski definition) is 6. The van der Waals surface area contributed by atoms with Gasteiger partial charge in [0.1, 0.15) is 5.69 Å². The Balaban J connectivity index is 0.000000348. The summed E-state index contributed by atoms with van der Waals surface area (Å²) in [7, 11) is 0. The molecule has 37 heavy (non-hydrogen) atoms. The summed E-state index contributed by atoms with van der Waals surface area (Å²) in [6, 6.07) is 15.8. The molecule has 2 atom stereocenters. The second-order valence-electron chi connectivity index (χ2n) is 9.82. The molecule has 2 saturated carbocycles. The number of nitrogens with two attached hydrogens (primary N) is 1. The van der Waals surface area contributed by atoms with Crippen LogP contribution in [0.2, 0.25) is 5.02 Å². The maximum absolute atomic E-state index is 12.1. The third-order valence-electron chi connectivity index (χ3n) is 6.87. The number of aromatic nitrogens is 3. The highest BCUT2D eigenvalue weighted by atomic mass is 35.5. The number of amides is 1. The van der Waals surface area contributed by atoms with Crippen LogP contribution in [0.1, 0.15) is 37.6 Å².